The molecule has 2 N–H and O–H groups in total. The lowest BCUT2D eigenvalue weighted by Gasteiger charge is -2.23. The second kappa shape index (κ2) is 6.38. The van der Waals surface area contributed by atoms with Crippen molar-refractivity contribution in [3.05, 3.63) is 0 Å². The summed E-state index contributed by atoms with van der Waals surface area (Å²) in [5, 5.41) is 12.8. The minimum Gasteiger partial charge on any atom is -0.389 e. The second-order valence-corrected chi connectivity index (χ2v) is 4.84. The van der Waals surface area contributed by atoms with Gasteiger partial charge in [0.1, 0.15) is 0 Å². The van der Waals surface area contributed by atoms with E-state index in [1.54, 1.807) is 0 Å². The number of ether oxygens (including phenoxy) is 1. The number of rotatable bonds is 6. The van der Waals surface area contributed by atoms with Crippen LogP contribution < -0.4 is 5.32 Å². The monoisotopic (exact) mass is 203 g/mol. The highest BCUT2D eigenvalue weighted by atomic mass is 16.5. The number of hydrogen-bond donors (Lipinski definition) is 2. The molecular formula is C11H25NO2. The lowest BCUT2D eigenvalue weighted by atomic mass is 10.1. The standard InChI is InChI=1S/C11H25NO2/c1-6-9(2)14-8-10(13)7-12-11(3,4)5/h9-10,12-13H,6-8H2,1-5H3. The summed E-state index contributed by atoms with van der Waals surface area (Å²) in [6.07, 6.45) is 0.807. The molecular weight excluding hydrogens is 178 g/mol. The predicted molar refractivity (Wildman–Crippen MR) is 59.5 cm³/mol. The van der Waals surface area contributed by atoms with Crippen LogP contribution >= 0.6 is 0 Å². The van der Waals surface area contributed by atoms with Crippen molar-refractivity contribution in [3.63, 3.8) is 0 Å². The summed E-state index contributed by atoms with van der Waals surface area (Å²) in [6.45, 7) is 11.3. The van der Waals surface area contributed by atoms with Crippen molar-refractivity contribution in [1.29, 1.82) is 0 Å². The average molecular weight is 203 g/mol. The van der Waals surface area contributed by atoms with E-state index in [9.17, 15) is 5.11 Å². The van der Waals surface area contributed by atoms with Crippen LogP contribution in [0, 0.1) is 0 Å². The third-order valence-corrected chi connectivity index (χ3v) is 2.02. The van der Waals surface area contributed by atoms with Gasteiger partial charge in [0, 0.05) is 12.1 Å². The van der Waals surface area contributed by atoms with E-state index in [1.807, 2.05) is 6.92 Å². The van der Waals surface area contributed by atoms with Gasteiger partial charge in [-0.25, -0.2) is 0 Å². The molecule has 86 valence electrons. The van der Waals surface area contributed by atoms with Gasteiger partial charge in [-0.3, -0.25) is 0 Å². The lowest BCUT2D eigenvalue weighted by molar-refractivity contribution is -0.00400. The molecule has 0 fully saturated rings. The van der Waals surface area contributed by atoms with Gasteiger partial charge in [0.2, 0.25) is 0 Å². The molecule has 14 heavy (non-hydrogen) atoms. The van der Waals surface area contributed by atoms with Crippen molar-refractivity contribution in [3.8, 4) is 0 Å². The molecule has 0 rings (SSSR count). The van der Waals surface area contributed by atoms with E-state index in [2.05, 4.69) is 33.0 Å². The number of aliphatic hydroxyl groups is 1. The van der Waals surface area contributed by atoms with Crippen LogP contribution in [0.4, 0.5) is 0 Å². The summed E-state index contributed by atoms with van der Waals surface area (Å²) in [4.78, 5) is 0. The van der Waals surface area contributed by atoms with Crippen LogP contribution in [0.1, 0.15) is 41.0 Å². The van der Waals surface area contributed by atoms with Gasteiger partial charge in [-0.1, -0.05) is 6.92 Å². The highest BCUT2D eigenvalue weighted by Crippen LogP contribution is 2.00. The molecule has 0 aromatic carbocycles. The molecule has 0 heterocycles. The van der Waals surface area contributed by atoms with Crippen LogP contribution in [-0.4, -0.2) is 36.0 Å². The van der Waals surface area contributed by atoms with Crippen LogP contribution in [0.5, 0.6) is 0 Å². The fourth-order valence-corrected chi connectivity index (χ4v) is 0.876. The Morgan fingerprint density at radius 1 is 1.36 bits per heavy atom. The molecule has 0 bridgehead atoms. The van der Waals surface area contributed by atoms with Gasteiger partial charge in [-0.05, 0) is 34.1 Å². The average Bonchev–Trinajstić information content (AvgIpc) is 2.09. The fraction of sp³-hybridized carbons (Fsp3) is 1.00. The molecule has 0 aliphatic carbocycles. The minimum atomic E-state index is -0.414. The van der Waals surface area contributed by atoms with Gasteiger partial charge in [0.15, 0.2) is 0 Å². The van der Waals surface area contributed by atoms with Gasteiger partial charge in [0.05, 0.1) is 18.8 Å². The first-order valence-electron chi connectivity index (χ1n) is 5.40. The summed E-state index contributed by atoms with van der Waals surface area (Å²) < 4.78 is 5.43. The normalized spacial score (nSPS) is 16.7. The van der Waals surface area contributed by atoms with Crippen LogP contribution in [0.15, 0.2) is 0 Å². The molecule has 0 aliphatic heterocycles. The molecule has 2 unspecified atom stereocenters. The van der Waals surface area contributed by atoms with Gasteiger partial charge in [0.25, 0.3) is 0 Å². The molecule has 2 atom stereocenters. The van der Waals surface area contributed by atoms with Gasteiger partial charge >= 0.3 is 0 Å². The first-order chi connectivity index (χ1) is 6.35. The molecule has 0 aliphatic rings. The summed E-state index contributed by atoms with van der Waals surface area (Å²) in [5.74, 6) is 0. The third-order valence-electron chi connectivity index (χ3n) is 2.02. The SMILES string of the molecule is CCC(C)OCC(O)CNC(C)(C)C. The first-order valence-corrected chi connectivity index (χ1v) is 5.40. The smallest absolute Gasteiger partial charge is 0.0898 e. The zero-order valence-electron chi connectivity index (χ0n) is 10.1. The maximum Gasteiger partial charge on any atom is 0.0898 e. The van der Waals surface area contributed by atoms with E-state index in [0.29, 0.717) is 13.2 Å². The van der Waals surface area contributed by atoms with Gasteiger partial charge < -0.3 is 15.2 Å². The van der Waals surface area contributed by atoms with E-state index in [-0.39, 0.29) is 11.6 Å². The Morgan fingerprint density at radius 3 is 2.36 bits per heavy atom. The maximum absolute atomic E-state index is 9.57. The Bertz CT molecular complexity index is 143. The fourth-order valence-electron chi connectivity index (χ4n) is 0.876. The Hall–Kier alpha value is -0.120. The number of aliphatic hydroxyl groups excluding tert-OH is 1. The highest BCUT2D eigenvalue weighted by molar-refractivity contribution is 4.72. The molecule has 0 aromatic rings. The summed E-state index contributed by atoms with van der Waals surface area (Å²) >= 11 is 0. The molecule has 0 radical (unpaired) electrons. The zero-order chi connectivity index (χ0) is 11.2. The second-order valence-electron chi connectivity index (χ2n) is 4.84. The van der Waals surface area contributed by atoms with Crippen molar-refractivity contribution >= 4 is 0 Å². The highest BCUT2D eigenvalue weighted by Gasteiger charge is 2.12. The van der Waals surface area contributed by atoms with Gasteiger partial charge in [-0.2, -0.15) is 0 Å². The van der Waals surface area contributed by atoms with Crippen LogP contribution in [0.3, 0.4) is 0 Å². The first kappa shape index (κ1) is 13.9. The maximum atomic E-state index is 9.57. The lowest BCUT2D eigenvalue weighted by Crippen LogP contribution is -2.42. The Balaban J connectivity index is 3.51. The van der Waals surface area contributed by atoms with Crippen molar-refractivity contribution in [1.82, 2.24) is 5.32 Å². The Kier molecular flexibility index (Phi) is 6.33. The number of hydrogen-bond acceptors (Lipinski definition) is 3. The molecule has 0 saturated heterocycles. The van der Waals surface area contributed by atoms with E-state index < -0.39 is 6.10 Å². The number of nitrogens with one attached hydrogen (secondary N) is 1. The molecule has 0 aromatic heterocycles. The Morgan fingerprint density at radius 2 is 1.93 bits per heavy atom. The van der Waals surface area contributed by atoms with Crippen LogP contribution in [0.2, 0.25) is 0 Å². The quantitative estimate of drug-likeness (QED) is 0.688. The van der Waals surface area contributed by atoms with Crippen LogP contribution in [0.25, 0.3) is 0 Å². The molecule has 0 amide bonds. The van der Waals surface area contributed by atoms with Crippen molar-refractivity contribution in [2.45, 2.75) is 58.8 Å². The molecule has 3 heteroatoms. The molecule has 0 spiro atoms. The largest absolute Gasteiger partial charge is 0.389 e. The topological polar surface area (TPSA) is 41.5 Å². The van der Waals surface area contributed by atoms with Crippen molar-refractivity contribution in [2.24, 2.45) is 0 Å². The van der Waals surface area contributed by atoms with Crippen molar-refractivity contribution < 1.29 is 9.84 Å². The van der Waals surface area contributed by atoms with E-state index in [0.717, 1.165) is 6.42 Å². The summed E-state index contributed by atoms with van der Waals surface area (Å²) in [6, 6.07) is 0. The van der Waals surface area contributed by atoms with E-state index in [1.165, 1.54) is 0 Å². The Labute approximate surface area is 87.8 Å². The van der Waals surface area contributed by atoms with Gasteiger partial charge in [-0.15, -0.1) is 0 Å². The number of β-amino-alcohol motifs (C(OH)–C–C–N with tert-alkyl or cyclic N) is 1. The summed E-state index contributed by atoms with van der Waals surface area (Å²) in [5.41, 5.74) is 0.0529. The molecule has 0 saturated carbocycles. The van der Waals surface area contributed by atoms with Crippen molar-refractivity contribution in [2.75, 3.05) is 13.2 Å². The predicted octanol–water partition coefficient (Wildman–Crippen LogP) is 1.55. The zero-order valence-corrected chi connectivity index (χ0v) is 10.1. The third kappa shape index (κ3) is 8.48. The molecule has 3 nitrogen and oxygen atoms in total. The van der Waals surface area contributed by atoms with E-state index in [4.69, 9.17) is 4.74 Å². The van der Waals surface area contributed by atoms with E-state index >= 15 is 0 Å². The minimum absolute atomic E-state index is 0.0529. The summed E-state index contributed by atoms with van der Waals surface area (Å²) in [7, 11) is 0. The van der Waals surface area contributed by atoms with Crippen LogP contribution in [-0.2, 0) is 4.74 Å².